The van der Waals surface area contributed by atoms with Crippen molar-refractivity contribution in [3.63, 3.8) is 0 Å². The molecule has 6 heteroatoms. The molecule has 134 valence electrons. The zero-order chi connectivity index (χ0) is 17.3. The van der Waals surface area contributed by atoms with Gasteiger partial charge in [-0.2, -0.15) is 11.8 Å². The number of nitrogens with zero attached hydrogens (tertiary/aromatic N) is 1. The Hall–Kier alpha value is -0.910. The molecule has 0 amide bonds. The van der Waals surface area contributed by atoms with Gasteiger partial charge in [0.15, 0.2) is 5.96 Å². The highest BCUT2D eigenvalue weighted by atomic mass is 35.5. The summed E-state index contributed by atoms with van der Waals surface area (Å²) in [7, 11) is 1.81. The third kappa shape index (κ3) is 5.87. The second kappa shape index (κ2) is 10.2. The van der Waals surface area contributed by atoms with E-state index in [9.17, 15) is 0 Å². The van der Waals surface area contributed by atoms with Crippen LogP contribution in [0.5, 0.6) is 0 Å². The number of ether oxygens (including phenoxy) is 1. The lowest BCUT2D eigenvalue weighted by Crippen LogP contribution is -2.48. The molecule has 1 saturated heterocycles. The molecule has 4 nitrogen and oxygen atoms in total. The van der Waals surface area contributed by atoms with Gasteiger partial charge in [0.25, 0.3) is 0 Å². The van der Waals surface area contributed by atoms with Crippen molar-refractivity contribution < 1.29 is 4.74 Å². The maximum absolute atomic E-state index is 6.20. The number of aliphatic imine (C=N–C) groups is 1. The number of hydrogen-bond acceptors (Lipinski definition) is 3. The van der Waals surface area contributed by atoms with Crippen LogP contribution in [0.3, 0.4) is 0 Å². The fourth-order valence-corrected chi connectivity index (χ4v) is 4.38. The highest BCUT2D eigenvalue weighted by Crippen LogP contribution is 2.34. The predicted octanol–water partition coefficient (Wildman–Crippen LogP) is 3.35. The first-order valence-electron chi connectivity index (χ1n) is 8.59. The van der Waals surface area contributed by atoms with Crippen LogP contribution >= 0.6 is 23.4 Å². The minimum Gasteiger partial charge on any atom is -0.381 e. The lowest BCUT2D eigenvalue weighted by molar-refractivity contribution is 0.0782. The van der Waals surface area contributed by atoms with Crippen molar-refractivity contribution in [2.24, 2.45) is 4.99 Å². The van der Waals surface area contributed by atoms with Crippen LogP contribution in [0.15, 0.2) is 29.3 Å². The smallest absolute Gasteiger partial charge is 0.191 e. The Morgan fingerprint density at radius 2 is 2.04 bits per heavy atom. The molecule has 0 bridgehead atoms. The van der Waals surface area contributed by atoms with Gasteiger partial charge >= 0.3 is 0 Å². The first-order chi connectivity index (χ1) is 11.7. The summed E-state index contributed by atoms with van der Waals surface area (Å²) in [5.41, 5.74) is 1.16. The summed E-state index contributed by atoms with van der Waals surface area (Å²) in [4.78, 5) is 4.34. The minimum atomic E-state index is 0.257. The van der Waals surface area contributed by atoms with Crippen LogP contribution in [-0.2, 0) is 11.2 Å². The highest BCUT2D eigenvalue weighted by molar-refractivity contribution is 8.00. The molecule has 0 radical (unpaired) electrons. The quantitative estimate of drug-likeness (QED) is 0.571. The van der Waals surface area contributed by atoms with Crippen LogP contribution in [0.4, 0.5) is 0 Å². The molecule has 0 atom stereocenters. The van der Waals surface area contributed by atoms with E-state index in [0.29, 0.717) is 0 Å². The molecule has 2 rings (SSSR count). The molecule has 0 aliphatic carbocycles. The molecule has 1 aromatic carbocycles. The van der Waals surface area contributed by atoms with Gasteiger partial charge in [-0.1, -0.05) is 36.7 Å². The molecule has 0 spiro atoms. The van der Waals surface area contributed by atoms with E-state index in [1.165, 1.54) is 0 Å². The minimum absolute atomic E-state index is 0.257. The summed E-state index contributed by atoms with van der Waals surface area (Å²) < 4.78 is 5.79. The number of hydrogen-bond donors (Lipinski definition) is 2. The van der Waals surface area contributed by atoms with Crippen molar-refractivity contribution in [3.05, 3.63) is 34.9 Å². The van der Waals surface area contributed by atoms with Crippen LogP contribution in [-0.4, -0.2) is 49.8 Å². The van der Waals surface area contributed by atoms with E-state index in [0.717, 1.165) is 67.9 Å². The molecule has 0 saturated carbocycles. The summed E-state index contributed by atoms with van der Waals surface area (Å²) in [6.45, 7) is 5.65. The van der Waals surface area contributed by atoms with E-state index in [1.54, 1.807) is 0 Å². The molecule has 1 aliphatic heterocycles. The molecular formula is C18H28ClN3OS. The van der Waals surface area contributed by atoms with Gasteiger partial charge in [-0.25, -0.2) is 0 Å². The number of halogens is 1. The first-order valence-corrected chi connectivity index (χ1v) is 9.95. The third-order valence-corrected chi connectivity index (χ3v) is 6.12. The van der Waals surface area contributed by atoms with Gasteiger partial charge in [-0.05, 0) is 36.6 Å². The van der Waals surface area contributed by atoms with Crippen molar-refractivity contribution in [1.29, 1.82) is 0 Å². The van der Waals surface area contributed by atoms with Gasteiger partial charge in [0.1, 0.15) is 0 Å². The zero-order valence-corrected chi connectivity index (χ0v) is 16.2. The van der Waals surface area contributed by atoms with E-state index >= 15 is 0 Å². The fraction of sp³-hybridized carbons (Fsp3) is 0.611. The Morgan fingerprint density at radius 1 is 1.29 bits per heavy atom. The Morgan fingerprint density at radius 3 is 2.71 bits per heavy atom. The van der Waals surface area contributed by atoms with Crippen LogP contribution in [0.1, 0.15) is 25.3 Å². The van der Waals surface area contributed by atoms with Gasteiger partial charge in [-0.15, -0.1) is 0 Å². The number of rotatable bonds is 7. The largest absolute Gasteiger partial charge is 0.381 e. The maximum Gasteiger partial charge on any atom is 0.191 e. The van der Waals surface area contributed by atoms with Crippen molar-refractivity contribution in [2.45, 2.75) is 30.9 Å². The Kier molecular flexibility index (Phi) is 8.22. The van der Waals surface area contributed by atoms with E-state index in [1.807, 2.05) is 37.0 Å². The Labute approximate surface area is 154 Å². The van der Waals surface area contributed by atoms with Crippen molar-refractivity contribution in [3.8, 4) is 0 Å². The first kappa shape index (κ1) is 19.4. The van der Waals surface area contributed by atoms with Crippen LogP contribution in [0.2, 0.25) is 5.02 Å². The maximum atomic E-state index is 6.20. The van der Waals surface area contributed by atoms with Crippen molar-refractivity contribution in [1.82, 2.24) is 10.6 Å². The Bertz CT molecular complexity index is 527. The van der Waals surface area contributed by atoms with E-state index in [4.69, 9.17) is 16.3 Å². The summed E-state index contributed by atoms with van der Waals surface area (Å²) in [6, 6.07) is 7.97. The monoisotopic (exact) mass is 369 g/mol. The number of thioether (sulfide) groups is 1. The van der Waals surface area contributed by atoms with Crippen molar-refractivity contribution in [2.75, 3.05) is 39.1 Å². The zero-order valence-electron chi connectivity index (χ0n) is 14.6. The molecular weight excluding hydrogens is 342 g/mol. The summed E-state index contributed by atoms with van der Waals surface area (Å²) in [6.07, 6.45) is 3.06. The molecule has 24 heavy (non-hydrogen) atoms. The standard InChI is InChI=1S/C18H28ClN3OS/c1-3-24-18(9-12-23-13-10-18)14-22-17(20-2)21-11-8-15-6-4-5-7-16(15)19/h4-7H,3,8-14H2,1-2H3,(H2,20,21,22). The van der Waals surface area contributed by atoms with Crippen LogP contribution < -0.4 is 10.6 Å². The van der Waals surface area contributed by atoms with Gasteiger partial charge in [0.05, 0.1) is 0 Å². The van der Waals surface area contributed by atoms with Crippen LogP contribution in [0.25, 0.3) is 0 Å². The Balaban J connectivity index is 1.80. The SMILES string of the molecule is CCSC1(CNC(=NC)NCCc2ccccc2Cl)CCOCC1. The third-order valence-electron chi connectivity index (χ3n) is 4.30. The molecule has 1 aliphatic rings. The van der Waals surface area contributed by atoms with E-state index < -0.39 is 0 Å². The molecule has 0 unspecified atom stereocenters. The van der Waals surface area contributed by atoms with Crippen molar-refractivity contribution >= 4 is 29.3 Å². The van der Waals surface area contributed by atoms with Gasteiger partial charge in [0, 0.05) is 43.1 Å². The molecule has 1 fully saturated rings. The van der Waals surface area contributed by atoms with E-state index in [2.05, 4.69) is 28.6 Å². The number of guanidine groups is 1. The lowest BCUT2D eigenvalue weighted by Gasteiger charge is -2.37. The molecule has 1 heterocycles. The summed E-state index contributed by atoms with van der Waals surface area (Å²) >= 11 is 8.23. The van der Waals surface area contributed by atoms with E-state index in [-0.39, 0.29) is 4.75 Å². The molecule has 0 aromatic heterocycles. The summed E-state index contributed by atoms with van der Waals surface area (Å²) in [5, 5.41) is 7.70. The summed E-state index contributed by atoms with van der Waals surface area (Å²) in [5.74, 6) is 1.98. The molecule has 2 N–H and O–H groups in total. The average Bonchev–Trinajstić information content (AvgIpc) is 2.60. The lowest BCUT2D eigenvalue weighted by atomic mass is 9.99. The second-order valence-electron chi connectivity index (χ2n) is 5.92. The number of nitrogens with one attached hydrogen (secondary N) is 2. The molecule has 1 aromatic rings. The predicted molar refractivity (Wildman–Crippen MR) is 105 cm³/mol. The highest BCUT2D eigenvalue weighted by Gasteiger charge is 2.32. The topological polar surface area (TPSA) is 45.7 Å². The van der Waals surface area contributed by atoms with Crippen LogP contribution in [0, 0.1) is 0 Å². The fourth-order valence-electron chi connectivity index (χ4n) is 2.90. The van der Waals surface area contributed by atoms with Gasteiger partial charge < -0.3 is 15.4 Å². The number of benzene rings is 1. The second-order valence-corrected chi connectivity index (χ2v) is 8.06. The van der Waals surface area contributed by atoms with Gasteiger partial charge in [-0.3, -0.25) is 4.99 Å². The average molecular weight is 370 g/mol. The normalized spacial score (nSPS) is 17.5. The van der Waals surface area contributed by atoms with Gasteiger partial charge in [0.2, 0.25) is 0 Å².